The van der Waals surface area contributed by atoms with Gasteiger partial charge in [0.15, 0.2) is 6.29 Å². The Hall–Kier alpha value is -3.69. The molecule has 1 atom stereocenters. The van der Waals surface area contributed by atoms with Gasteiger partial charge in [-0.05, 0) is 55.6 Å². The van der Waals surface area contributed by atoms with Gasteiger partial charge in [-0.15, -0.1) is 0 Å². The Labute approximate surface area is 275 Å². The minimum Gasteiger partial charge on any atom is -0.491 e. The van der Waals surface area contributed by atoms with E-state index in [9.17, 15) is 18.0 Å². The number of fused-ring (bicyclic) bond motifs is 5. The summed E-state index contributed by atoms with van der Waals surface area (Å²) in [5.41, 5.74) is 4.27. The van der Waals surface area contributed by atoms with Gasteiger partial charge in [0.25, 0.3) is 5.91 Å². The van der Waals surface area contributed by atoms with Crippen LogP contribution in [0.4, 0.5) is 4.79 Å². The number of nitrogens with zero attached hydrogens (tertiary/aromatic N) is 3. The van der Waals surface area contributed by atoms with Crippen LogP contribution in [0.3, 0.4) is 0 Å². The number of carbonyl (C=O) groups is 2. The highest BCUT2D eigenvalue weighted by molar-refractivity contribution is 7.87. The van der Waals surface area contributed by atoms with Gasteiger partial charge in [0.05, 0.1) is 18.3 Å². The monoisotopic (exact) mass is 671 g/mol. The first-order chi connectivity index (χ1) is 22.5. The van der Waals surface area contributed by atoms with Crippen LogP contribution in [0.2, 0.25) is 0 Å². The lowest BCUT2D eigenvalue weighted by Gasteiger charge is -2.32. The molecule has 0 spiro atoms. The summed E-state index contributed by atoms with van der Waals surface area (Å²) in [6.07, 6.45) is 3.70. The van der Waals surface area contributed by atoms with Crippen LogP contribution >= 0.6 is 0 Å². The highest BCUT2D eigenvalue weighted by Gasteiger charge is 2.32. The first-order valence-corrected chi connectivity index (χ1v) is 17.4. The van der Waals surface area contributed by atoms with Crippen molar-refractivity contribution in [3.05, 3.63) is 53.6 Å². The van der Waals surface area contributed by atoms with E-state index in [1.807, 2.05) is 31.3 Å². The number of ether oxygens (including phenoxy) is 3. The third-order valence-corrected chi connectivity index (χ3v) is 10.7. The molecule has 47 heavy (non-hydrogen) atoms. The maximum atomic E-state index is 13.5. The third-order valence-electron chi connectivity index (χ3n) is 9.27. The molecule has 0 unspecified atom stereocenters. The summed E-state index contributed by atoms with van der Waals surface area (Å²) in [6, 6.07) is 13.2. The number of amides is 2. The van der Waals surface area contributed by atoms with Gasteiger partial charge in [0.1, 0.15) is 12.4 Å². The van der Waals surface area contributed by atoms with Crippen LogP contribution in [0.1, 0.15) is 53.9 Å². The summed E-state index contributed by atoms with van der Waals surface area (Å²) in [4.78, 5) is 26.7. The number of carboxylic acid groups (broad SMARTS) is 1. The zero-order valence-electron chi connectivity index (χ0n) is 27.4. The molecule has 13 nitrogen and oxygen atoms in total. The van der Waals surface area contributed by atoms with Crippen LogP contribution < -0.4 is 14.8 Å². The summed E-state index contributed by atoms with van der Waals surface area (Å²) in [5.74, 6) is 0.324. The molecule has 0 bridgehead atoms. The van der Waals surface area contributed by atoms with Crippen LogP contribution in [0.25, 0.3) is 22.2 Å². The fraction of sp³-hybridized carbons (Fsp3) is 0.515. The number of rotatable bonds is 12. The molecule has 3 aromatic rings. The normalized spacial score (nSPS) is 17.2. The van der Waals surface area contributed by atoms with Crippen LogP contribution in [0.15, 0.2) is 42.5 Å². The number of likely N-dealkylation sites (N-methyl/N-ethyl adjacent to an activating group) is 2. The van der Waals surface area contributed by atoms with E-state index in [1.54, 1.807) is 12.1 Å². The van der Waals surface area contributed by atoms with E-state index in [4.69, 9.17) is 19.3 Å². The number of aromatic nitrogens is 1. The van der Waals surface area contributed by atoms with Gasteiger partial charge >= 0.3 is 16.3 Å². The van der Waals surface area contributed by atoms with Crippen molar-refractivity contribution in [2.24, 2.45) is 0 Å². The Morgan fingerprint density at radius 2 is 1.81 bits per heavy atom. The lowest BCUT2D eigenvalue weighted by Crippen LogP contribution is -2.45. The summed E-state index contributed by atoms with van der Waals surface area (Å²) in [7, 11) is 1.91. The smallest absolute Gasteiger partial charge is 0.404 e. The zero-order valence-corrected chi connectivity index (χ0v) is 28.2. The second-order valence-corrected chi connectivity index (χ2v) is 14.0. The minimum atomic E-state index is -4.20. The number of hydrogen-bond donors (Lipinski definition) is 3. The number of hydrogen-bond acceptors (Lipinski definition) is 8. The predicted octanol–water partition coefficient (Wildman–Crippen LogP) is 3.84. The molecule has 2 amide bonds. The predicted molar refractivity (Wildman–Crippen MR) is 178 cm³/mol. The van der Waals surface area contributed by atoms with E-state index in [0.717, 1.165) is 57.9 Å². The Balaban J connectivity index is 1.59. The molecule has 14 heteroatoms. The summed E-state index contributed by atoms with van der Waals surface area (Å²) >= 11 is 0. The molecule has 3 N–H and O–H groups in total. The Morgan fingerprint density at radius 3 is 2.51 bits per heavy atom. The molecule has 2 aliphatic rings. The summed E-state index contributed by atoms with van der Waals surface area (Å²) < 4.78 is 48.2. The molecule has 0 radical (unpaired) electrons. The van der Waals surface area contributed by atoms with Crippen LogP contribution in [0, 0.1) is 0 Å². The molecule has 1 fully saturated rings. The largest absolute Gasteiger partial charge is 0.491 e. The standard InChI is InChI=1S/C33H45N5O8S/c1-36(17-16-34-33(40)41)24-19-38-27-18-23(32(39)35-47(42,43)37(2)20-29(44-3)45-4)14-15-25(27)30(22-10-6-5-7-11-22)31(38)26-12-8-9-13-28(26)46-21-24/h8-9,12-15,18,22,24,29,34H,5-7,10-11,16-17,19-21H2,1-4H3,(H,35,39)(H,40,41)/t24-/m1/s1. The highest BCUT2D eigenvalue weighted by atomic mass is 32.2. The molecule has 0 saturated heterocycles. The third kappa shape index (κ3) is 7.73. The number of methoxy groups -OCH3 is 2. The highest BCUT2D eigenvalue weighted by Crippen LogP contribution is 2.47. The second-order valence-electron chi connectivity index (χ2n) is 12.2. The van der Waals surface area contributed by atoms with E-state index in [1.165, 1.54) is 33.3 Å². The first kappa shape index (κ1) is 34.6. The SMILES string of the molecule is COC(CN(C)S(=O)(=O)NC(=O)c1ccc2c(C3CCCCC3)c3n(c2c1)C[C@@H](N(C)CCNC(=O)O)COc1ccccc1-3)OC. The van der Waals surface area contributed by atoms with Crippen LogP contribution in [-0.4, -0.2) is 106 Å². The van der Waals surface area contributed by atoms with E-state index in [2.05, 4.69) is 25.6 Å². The Kier molecular flexibility index (Phi) is 11.1. The lowest BCUT2D eigenvalue weighted by atomic mass is 9.81. The molecule has 1 aliphatic heterocycles. The topological polar surface area (TPSA) is 152 Å². The van der Waals surface area contributed by atoms with Gasteiger partial charge in [-0.2, -0.15) is 12.7 Å². The molecular formula is C33H45N5O8S. The molecule has 2 aromatic carbocycles. The van der Waals surface area contributed by atoms with Crippen molar-refractivity contribution in [3.8, 4) is 17.0 Å². The molecular weight excluding hydrogens is 626 g/mol. The molecule has 1 aromatic heterocycles. The van der Waals surface area contributed by atoms with Crippen molar-refractivity contribution < 1.29 is 37.3 Å². The lowest BCUT2D eigenvalue weighted by molar-refractivity contribution is -0.106. The molecule has 1 aliphatic carbocycles. The summed E-state index contributed by atoms with van der Waals surface area (Å²) in [6.45, 7) is 1.50. The molecule has 1 saturated carbocycles. The van der Waals surface area contributed by atoms with Crippen molar-refractivity contribution in [1.82, 2.24) is 23.8 Å². The van der Waals surface area contributed by atoms with E-state index < -0.39 is 28.5 Å². The van der Waals surface area contributed by atoms with Crippen LogP contribution in [0.5, 0.6) is 5.75 Å². The number of nitrogens with one attached hydrogen (secondary N) is 2. The van der Waals surface area contributed by atoms with Gasteiger partial charge in [-0.3, -0.25) is 9.69 Å². The minimum absolute atomic E-state index is 0.107. The molecule has 5 rings (SSSR count). The average molecular weight is 672 g/mol. The Bertz CT molecular complexity index is 1680. The quantitative estimate of drug-likeness (QED) is 0.244. The van der Waals surface area contributed by atoms with Crippen molar-refractivity contribution in [3.63, 3.8) is 0 Å². The fourth-order valence-electron chi connectivity index (χ4n) is 6.64. The van der Waals surface area contributed by atoms with Crippen LogP contribution in [-0.2, 0) is 26.2 Å². The van der Waals surface area contributed by atoms with E-state index >= 15 is 0 Å². The number of carbonyl (C=O) groups excluding carboxylic acids is 1. The maximum absolute atomic E-state index is 13.5. The fourth-order valence-corrected chi connectivity index (χ4v) is 7.46. The van der Waals surface area contributed by atoms with Gasteiger partial charge in [0, 0.05) is 62.9 Å². The number of para-hydroxylation sites is 1. The van der Waals surface area contributed by atoms with E-state index in [0.29, 0.717) is 25.6 Å². The van der Waals surface area contributed by atoms with Crippen molar-refractivity contribution in [2.45, 2.75) is 56.9 Å². The van der Waals surface area contributed by atoms with Gasteiger partial charge in [-0.1, -0.05) is 37.5 Å². The van der Waals surface area contributed by atoms with Gasteiger partial charge in [0.2, 0.25) is 0 Å². The zero-order chi connectivity index (χ0) is 33.7. The van der Waals surface area contributed by atoms with Crippen molar-refractivity contribution in [2.75, 3.05) is 54.6 Å². The summed E-state index contributed by atoms with van der Waals surface area (Å²) in [5, 5.41) is 12.6. The van der Waals surface area contributed by atoms with Crippen molar-refractivity contribution >= 4 is 33.1 Å². The first-order valence-electron chi connectivity index (χ1n) is 15.9. The van der Waals surface area contributed by atoms with Gasteiger partial charge in [-0.25, -0.2) is 9.52 Å². The Morgan fingerprint density at radius 1 is 1.09 bits per heavy atom. The number of benzene rings is 2. The molecule has 2 heterocycles. The maximum Gasteiger partial charge on any atom is 0.404 e. The average Bonchev–Trinajstić information content (AvgIpc) is 3.36. The van der Waals surface area contributed by atoms with Crippen molar-refractivity contribution in [1.29, 1.82) is 0 Å². The molecule has 256 valence electrons. The second kappa shape index (κ2) is 15.0. The van der Waals surface area contributed by atoms with Gasteiger partial charge < -0.3 is 29.2 Å². The van der Waals surface area contributed by atoms with E-state index in [-0.39, 0.29) is 24.7 Å².